The van der Waals surface area contributed by atoms with Crippen LogP contribution in [0.15, 0.2) is 24.3 Å². The Balaban J connectivity index is 0.00000676. The predicted octanol–water partition coefficient (Wildman–Crippen LogP) is -3.27. The number of aliphatic hydroxyl groups is 1. The summed E-state index contributed by atoms with van der Waals surface area (Å²) >= 11 is 0. The molecule has 148 valence electrons. The summed E-state index contributed by atoms with van der Waals surface area (Å²) in [7, 11) is -9.95. The molecule has 0 aliphatic heterocycles. The second-order valence-corrected chi connectivity index (χ2v) is 9.52. The van der Waals surface area contributed by atoms with Gasteiger partial charge in [0.25, 0.3) is 5.91 Å². The number of amides is 1. The Morgan fingerprint density at radius 2 is 1.63 bits per heavy atom. The Kier molecular flexibility index (Phi) is 11.0. The number of nitrogens with one attached hydrogen (secondary N) is 1. The van der Waals surface area contributed by atoms with Gasteiger partial charge < -0.3 is 43.9 Å². The SMILES string of the molecule is COc1ccc(C(=O)NCCCCCC(O)(P(=O)([O-])O)P(=O)([O-])O)cc1.[Na+]. The number of unbranched alkanes of at least 4 members (excludes halogenated alkanes) is 2. The molecule has 0 radical (unpaired) electrons. The molecule has 0 saturated carbocycles. The van der Waals surface area contributed by atoms with Crippen molar-refractivity contribution >= 4 is 21.1 Å². The van der Waals surface area contributed by atoms with E-state index < -0.39 is 26.7 Å². The minimum absolute atomic E-state index is 0. The van der Waals surface area contributed by atoms with Crippen LogP contribution in [0.2, 0.25) is 0 Å². The van der Waals surface area contributed by atoms with Crippen LogP contribution in [0.4, 0.5) is 0 Å². The quantitative estimate of drug-likeness (QED) is 0.168. The molecule has 2 atom stereocenters. The molecule has 0 saturated heterocycles. The number of rotatable bonds is 10. The Hall–Kier alpha value is -0.250. The van der Waals surface area contributed by atoms with Crippen molar-refractivity contribution in [3.8, 4) is 5.75 Å². The summed E-state index contributed by atoms with van der Waals surface area (Å²) in [6, 6.07) is 6.41. The van der Waals surface area contributed by atoms with Gasteiger partial charge in [-0.3, -0.25) is 4.79 Å². The molecule has 0 aliphatic carbocycles. The first kappa shape index (κ1) is 26.8. The molecule has 0 heterocycles. The van der Waals surface area contributed by atoms with Crippen molar-refractivity contribution in [3.63, 3.8) is 0 Å². The van der Waals surface area contributed by atoms with E-state index in [1.54, 1.807) is 24.3 Å². The van der Waals surface area contributed by atoms with Gasteiger partial charge in [-0.1, -0.05) is 6.42 Å². The van der Waals surface area contributed by atoms with Crippen molar-refractivity contribution in [3.05, 3.63) is 29.8 Å². The first-order chi connectivity index (χ1) is 11.9. The zero-order valence-corrected chi connectivity index (χ0v) is 18.8. The Bertz CT molecular complexity index is 679. The number of ether oxygens (including phenoxy) is 1. The number of carbonyl (C=O) groups is 1. The molecular weight excluding hydrogens is 411 g/mol. The van der Waals surface area contributed by atoms with Crippen LogP contribution in [0.3, 0.4) is 0 Å². The molecule has 1 aromatic carbocycles. The molecule has 10 nitrogen and oxygen atoms in total. The molecule has 2 unspecified atom stereocenters. The summed E-state index contributed by atoms with van der Waals surface area (Å²) in [6.45, 7) is 0.228. The first-order valence-corrected chi connectivity index (χ1v) is 10.8. The van der Waals surface area contributed by atoms with Crippen LogP contribution in [0.1, 0.15) is 36.0 Å². The molecule has 0 aliphatic rings. The van der Waals surface area contributed by atoms with Crippen molar-refractivity contribution in [2.24, 2.45) is 0 Å². The van der Waals surface area contributed by atoms with Crippen LogP contribution in [0.25, 0.3) is 0 Å². The van der Waals surface area contributed by atoms with E-state index in [1.807, 2.05) is 0 Å². The van der Waals surface area contributed by atoms with Gasteiger partial charge in [0.05, 0.1) is 7.11 Å². The monoisotopic (exact) mass is 432 g/mol. The molecule has 1 amide bonds. The normalized spacial score (nSPS) is 17.6. The van der Waals surface area contributed by atoms with E-state index in [4.69, 9.17) is 14.5 Å². The molecule has 13 heteroatoms. The van der Waals surface area contributed by atoms with Crippen LogP contribution in [0, 0.1) is 0 Å². The number of benzene rings is 1. The van der Waals surface area contributed by atoms with E-state index >= 15 is 0 Å². The summed E-state index contributed by atoms with van der Waals surface area (Å²) in [6.07, 6.45) is -0.394. The van der Waals surface area contributed by atoms with Gasteiger partial charge in [-0.25, -0.2) is 0 Å². The average Bonchev–Trinajstić information content (AvgIpc) is 2.55. The van der Waals surface area contributed by atoms with Gasteiger partial charge in [-0.15, -0.1) is 0 Å². The Morgan fingerprint density at radius 1 is 1.11 bits per heavy atom. The second-order valence-electron chi connectivity index (χ2n) is 5.61. The maximum atomic E-state index is 11.9. The summed E-state index contributed by atoms with van der Waals surface area (Å²) in [5, 5.41) is 8.60. The number of carbonyl (C=O) groups excluding carboxylic acids is 1. The van der Waals surface area contributed by atoms with Crippen molar-refractivity contribution < 1.29 is 72.9 Å². The third kappa shape index (κ3) is 7.59. The van der Waals surface area contributed by atoms with Crippen molar-refractivity contribution in [1.82, 2.24) is 5.32 Å². The fourth-order valence-corrected chi connectivity index (χ4v) is 4.31. The summed E-state index contributed by atoms with van der Waals surface area (Å²) in [4.78, 5) is 51.7. The largest absolute Gasteiger partial charge is 1.00 e. The second kappa shape index (κ2) is 11.1. The van der Waals surface area contributed by atoms with Crippen LogP contribution < -0.4 is 49.4 Å². The molecule has 0 aromatic heterocycles. The zero-order chi connectivity index (χ0) is 20.0. The molecule has 0 spiro atoms. The molecule has 1 rings (SSSR count). The fraction of sp³-hybridized carbons (Fsp3) is 0.500. The van der Waals surface area contributed by atoms with Gasteiger partial charge in [0.15, 0.2) is 20.3 Å². The van der Waals surface area contributed by atoms with Crippen LogP contribution >= 0.6 is 15.2 Å². The first-order valence-electron chi connectivity index (χ1n) is 7.65. The van der Waals surface area contributed by atoms with Gasteiger partial charge in [-0.05, 0) is 43.5 Å². The van der Waals surface area contributed by atoms with E-state index in [-0.39, 0.29) is 54.9 Å². The van der Waals surface area contributed by atoms with E-state index in [0.717, 1.165) is 0 Å². The number of hydrogen-bond acceptors (Lipinski definition) is 7. The molecule has 0 fully saturated rings. The van der Waals surface area contributed by atoms with Crippen LogP contribution in [0.5, 0.6) is 5.75 Å². The topological polar surface area (TPSA) is 179 Å². The van der Waals surface area contributed by atoms with Crippen molar-refractivity contribution in [2.75, 3.05) is 13.7 Å². The standard InChI is InChI=1S/C14H23NO9P2.Na/c1-24-12-7-5-11(6-8-12)13(16)15-10-4-2-3-9-14(17,25(18,19)20)26(21,22)23;/h5-8,17H,2-4,9-10H2,1H3,(H,15,16)(H2,18,19,20)(H2,21,22,23);/q;+1/p-2. The van der Waals surface area contributed by atoms with Gasteiger partial charge in [-0.2, -0.15) is 0 Å². The van der Waals surface area contributed by atoms with E-state index in [9.17, 15) is 28.8 Å². The van der Waals surface area contributed by atoms with Gasteiger partial charge in [0, 0.05) is 12.1 Å². The number of hydrogen-bond donors (Lipinski definition) is 4. The van der Waals surface area contributed by atoms with Crippen molar-refractivity contribution in [1.29, 1.82) is 0 Å². The minimum atomic E-state index is -5.73. The molecule has 4 N–H and O–H groups in total. The number of methoxy groups -OCH3 is 1. The summed E-state index contributed by atoms with van der Waals surface area (Å²) in [5.41, 5.74) is 0.417. The minimum Gasteiger partial charge on any atom is -0.776 e. The maximum absolute atomic E-state index is 11.9. The van der Waals surface area contributed by atoms with Gasteiger partial charge in [0.1, 0.15) is 5.75 Å². The van der Waals surface area contributed by atoms with Crippen molar-refractivity contribution in [2.45, 2.75) is 30.8 Å². The third-order valence-electron chi connectivity index (χ3n) is 3.73. The third-order valence-corrected chi connectivity index (χ3v) is 7.51. The van der Waals surface area contributed by atoms with E-state index in [0.29, 0.717) is 17.7 Å². The fourth-order valence-electron chi connectivity index (χ4n) is 2.15. The molecule has 1 aromatic rings. The smallest absolute Gasteiger partial charge is 0.776 e. The molecule has 27 heavy (non-hydrogen) atoms. The molecular formula is C14H21NNaO9P2-. The Labute approximate surface area is 178 Å². The predicted molar refractivity (Wildman–Crippen MR) is 88.4 cm³/mol. The zero-order valence-electron chi connectivity index (χ0n) is 15.0. The Morgan fingerprint density at radius 3 is 2.07 bits per heavy atom. The average molecular weight is 432 g/mol. The van der Waals surface area contributed by atoms with E-state index in [2.05, 4.69) is 5.32 Å². The van der Waals surface area contributed by atoms with Crippen LogP contribution in [-0.2, 0) is 9.13 Å². The summed E-state index contributed by atoms with van der Waals surface area (Å²) < 4.78 is 27.1. The van der Waals surface area contributed by atoms with E-state index in [1.165, 1.54) is 7.11 Å². The maximum Gasteiger partial charge on any atom is 1.00 e. The molecule has 0 bridgehead atoms. The van der Waals surface area contributed by atoms with Gasteiger partial charge in [0.2, 0.25) is 0 Å². The van der Waals surface area contributed by atoms with Gasteiger partial charge >= 0.3 is 29.6 Å². The summed E-state index contributed by atoms with van der Waals surface area (Å²) in [5.74, 6) is 0.274. The van der Waals surface area contributed by atoms with Crippen LogP contribution in [-0.4, -0.2) is 39.5 Å².